The number of methoxy groups -OCH3 is 1. The number of benzene rings is 2. The quantitative estimate of drug-likeness (QED) is 0.607. The van der Waals surface area contributed by atoms with E-state index in [-0.39, 0.29) is 0 Å². The fourth-order valence-electron chi connectivity index (χ4n) is 2.89. The van der Waals surface area contributed by atoms with Crippen LogP contribution >= 0.6 is 11.3 Å². The lowest BCUT2D eigenvalue weighted by atomic mass is 10.1. The Balaban J connectivity index is 1.93. The normalized spacial score (nSPS) is 12.2. The Labute approximate surface area is 143 Å². The molecule has 0 saturated carbocycles. The number of fused-ring (bicyclic) bond motifs is 3. The summed E-state index contributed by atoms with van der Waals surface area (Å²) in [6.45, 7) is 4.14. The van der Waals surface area contributed by atoms with E-state index < -0.39 is 0 Å². The second kappa shape index (κ2) is 5.80. The van der Waals surface area contributed by atoms with E-state index in [9.17, 15) is 0 Å². The molecule has 0 amide bonds. The summed E-state index contributed by atoms with van der Waals surface area (Å²) in [5.41, 5.74) is 2.98. The van der Waals surface area contributed by atoms with Crippen molar-refractivity contribution in [2.24, 2.45) is 0 Å². The molecule has 1 N–H and O–H groups in total. The summed E-state index contributed by atoms with van der Waals surface area (Å²) in [6.07, 6.45) is 0. The molecule has 4 rings (SSSR count). The van der Waals surface area contributed by atoms with Crippen LogP contribution in [-0.4, -0.2) is 7.11 Å². The zero-order chi connectivity index (χ0) is 16.7. The molecule has 2 heterocycles. The molecule has 0 aliphatic rings. The van der Waals surface area contributed by atoms with E-state index in [0.29, 0.717) is 0 Å². The van der Waals surface area contributed by atoms with Gasteiger partial charge in [0.25, 0.3) is 0 Å². The summed E-state index contributed by atoms with van der Waals surface area (Å²) >= 11 is 1.78. The number of ether oxygens (including phenoxy) is 1. The summed E-state index contributed by atoms with van der Waals surface area (Å²) in [5.74, 6) is 1.77. The molecule has 0 spiro atoms. The van der Waals surface area contributed by atoms with Crippen molar-refractivity contribution in [1.29, 1.82) is 0 Å². The van der Waals surface area contributed by atoms with Gasteiger partial charge in [-0.05, 0) is 38.1 Å². The summed E-state index contributed by atoms with van der Waals surface area (Å²) in [7, 11) is 1.67. The molecule has 2 aromatic heterocycles. The average molecular weight is 336 g/mol. The van der Waals surface area contributed by atoms with Gasteiger partial charge in [0.15, 0.2) is 0 Å². The Morgan fingerprint density at radius 1 is 0.958 bits per heavy atom. The van der Waals surface area contributed by atoms with Crippen LogP contribution in [0.15, 0.2) is 52.9 Å². The maximum atomic E-state index is 5.98. The lowest BCUT2D eigenvalue weighted by Crippen LogP contribution is -2.70. The minimum atomic E-state index is 0.742. The lowest BCUT2D eigenvalue weighted by Gasteiger charge is -1.97. The van der Waals surface area contributed by atoms with Crippen LogP contribution in [0.5, 0.6) is 5.75 Å². The molecule has 0 bridgehead atoms. The Kier molecular flexibility index (Phi) is 3.62. The van der Waals surface area contributed by atoms with Crippen LogP contribution in [0.25, 0.3) is 20.2 Å². The summed E-state index contributed by atoms with van der Waals surface area (Å²) < 4.78 is 13.7. The molecule has 24 heavy (non-hydrogen) atoms. The van der Waals surface area contributed by atoms with E-state index in [0.717, 1.165) is 22.8 Å². The number of rotatable bonds is 2. The van der Waals surface area contributed by atoms with Crippen LogP contribution in [0.3, 0.4) is 0 Å². The number of hydrogen-bond acceptors (Lipinski definition) is 3. The highest BCUT2D eigenvalue weighted by Gasteiger charge is 2.11. The Morgan fingerprint density at radius 3 is 2.50 bits per heavy atom. The summed E-state index contributed by atoms with van der Waals surface area (Å²) in [6, 6.07) is 16.5. The van der Waals surface area contributed by atoms with Crippen LogP contribution in [0, 0.1) is 13.8 Å². The standard InChI is InChI=1S/C20H17NO2S/c1-12-4-9-18-16(10-12)17-11-19(23-13(2)20(17)24-18)21-14-5-7-15(22-3)8-6-14/h4-11H,1-3H3/p+1. The van der Waals surface area contributed by atoms with Gasteiger partial charge < -0.3 is 9.15 Å². The molecule has 0 saturated heterocycles. The molecular formula is C20H18NO2S+. The molecule has 4 heteroatoms. The van der Waals surface area contributed by atoms with Crippen molar-refractivity contribution < 1.29 is 14.1 Å². The van der Waals surface area contributed by atoms with E-state index in [1.165, 1.54) is 25.7 Å². The van der Waals surface area contributed by atoms with Gasteiger partial charge in [-0.3, -0.25) is 0 Å². The van der Waals surface area contributed by atoms with Gasteiger partial charge in [-0.25, -0.2) is 0 Å². The molecule has 0 aliphatic carbocycles. The Hall–Kier alpha value is -2.59. The summed E-state index contributed by atoms with van der Waals surface area (Å²) in [4.78, 5) is 3.34. The van der Waals surface area contributed by atoms with Gasteiger partial charge in [-0.15, -0.1) is 11.3 Å². The first-order chi connectivity index (χ1) is 11.6. The maximum Gasteiger partial charge on any atom is 0.372 e. The highest BCUT2D eigenvalue weighted by molar-refractivity contribution is 7.26. The van der Waals surface area contributed by atoms with Crippen LogP contribution in [-0.2, 0) is 0 Å². The zero-order valence-corrected chi connectivity index (χ0v) is 14.7. The van der Waals surface area contributed by atoms with Gasteiger partial charge in [0.1, 0.15) is 11.5 Å². The maximum absolute atomic E-state index is 5.98. The first-order valence-electron chi connectivity index (χ1n) is 7.82. The van der Waals surface area contributed by atoms with Gasteiger partial charge in [-0.2, -0.15) is 4.99 Å². The number of nitrogens with one attached hydrogen (secondary N) is 1. The second-order valence-electron chi connectivity index (χ2n) is 5.86. The average Bonchev–Trinajstić information content (AvgIpc) is 2.94. The van der Waals surface area contributed by atoms with E-state index >= 15 is 0 Å². The van der Waals surface area contributed by atoms with Crippen molar-refractivity contribution in [3.63, 3.8) is 0 Å². The van der Waals surface area contributed by atoms with E-state index in [1.54, 1.807) is 18.4 Å². The van der Waals surface area contributed by atoms with Gasteiger partial charge in [0.05, 0.1) is 17.9 Å². The molecule has 2 aromatic carbocycles. The topological polar surface area (TPSA) is 36.3 Å². The van der Waals surface area contributed by atoms with Crippen molar-refractivity contribution in [2.45, 2.75) is 13.8 Å². The Bertz CT molecular complexity index is 1100. The molecule has 0 fully saturated rings. The number of thiophene rings is 1. The minimum Gasteiger partial charge on any atom is -0.497 e. The smallest absolute Gasteiger partial charge is 0.372 e. The molecule has 3 nitrogen and oxygen atoms in total. The molecule has 0 atom stereocenters. The minimum absolute atomic E-state index is 0.742. The third kappa shape index (κ3) is 2.59. The third-order valence-corrected chi connectivity index (χ3v) is 5.39. The van der Waals surface area contributed by atoms with Crippen molar-refractivity contribution in [3.05, 3.63) is 65.4 Å². The predicted octanol–water partition coefficient (Wildman–Crippen LogP) is 3.59. The highest BCUT2D eigenvalue weighted by atomic mass is 32.1. The fourth-order valence-corrected chi connectivity index (χ4v) is 3.98. The van der Waals surface area contributed by atoms with Crippen LogP contribution in [0.4, 0.5) is 5.69 Å². The van der Waals surface area contributed by atoms with E-state index in [2.05, 4.69) is 36.2 Å². The van der Waals surface area contributed by atoms with Crippen molar-refractivity contribution in [1.82, 2.24) is 0 Å². The van der Waals surface area contributed by atoms with Crippen molar-refractivity contribution in [2.75, 3.05) is 7.11 Å². The SMILES string of the molecule is COc1ccc([NH+]=c2cc3c(sc4ccc(C)cc43)c(C)o2)cc1. The van der Waals surface area contributed by atoms with Crippen LogP contribution in [0.1, 0.15) is 11.3 Å². The Morgan fingerprint density at radius 2 is 1.75 bits per heavy atom. The zero-order valence-electron chi connectivity index (χ0n) is 13.8. The van der Waals surface area contributed by atoms with Gasteiger partial charge >= 0.3 is 5.55 Å². The first-order valence-corrected chi connectivity index (χ1v) is 8.63. The van der Waals surface area contributed by atoms with Crippen molar-refractivity contribution >= 4 is 37.2 Å². The molecule has 0 radical (unpaired) electrons. The van der Waals surface area contributed by atoms with Gasteiger partial charge in [-0.1, -0.05) is 11.6 Å². The monoisotopic (exact) mass is 336 g/mol. The third-order valence-electron chi connectivity index (χ3n) is 4.10. The van der Waals surface area contributed by atoms with Gasteiger partial charge in [0, 0.05) is 27.6 Å². The summed E-state index contributed by atoms with van der Waals surface area (Å²) in [5, 5.41) is 2.52. The second-order valence-corrected chi connectivity index (χ2v) is 6.92. The highest BCUT2D eigenvalue weighted by Crippen LogP contribution is 2.35. The molecule has 4 aromatic rings. The van der Waals surface area contributed by atoms with Gasteiger partial charge in [0.2, 0.25) is 5.69 Å². The van der Waals surface area contributed by atoms with E-state index in [4.69, 9.17) is 9.15 Å². The fraction of sp³-hybridized carbons (Fsp3) is 0.150. The number of hydrogen-bond donors (Lipinski definition) is 1. The molecule has 120 valence electrons. The predicted molar refractivity (Wildman–Crippen MR) is 97.8 cm³/mol. The first kappa shape index (κ1) is 15.0. The molecule has 0 aliphatic heterocycles. The number of aryl methyl sites for hydroxylation is 2. The molecular weight excluding hydrogens is 318 g/mol. The van der Waals surface area contributed by atoms with Crippen LogP contribution in [0.2, 0.25) is 0 Å². The van der Waals surface area contributed by atoms with Crippen LogP contribution < -0.4 is 15.3 Å². The largest absolute Gasteiger partial charge is 0.497 e. The van der Waals surface area contributed by atoms with E-state index in [1.807, 2.05) is 31.2 Å². The lowest BCUT2D eigenvalue weighted by molar-refractivity contribution is -0.418. The van der Waals surface area contributed by atoms with Crippen molar-refractivity contribution in [3.8, 4) is 5.75 Å². The molecule has 0 unspecified atom stereocenters.